The summed E-state index contributed by atoms with van der Waals surface area (Å²) in [6, 6.07) is 10.5. The first-order valence-electron chi connectivity index (χ1n) is 11.0. The molecule has 1 aromatic carbocycles. The number of aryl methyl sites for hydroxylation is 1. The second kappa shape index (κ2) is 11.5. The zero-order valence-corrected chi connectivity index (χ0v) is 18.5. The molecule has 8 nitrogen and oxygen atoms in total. The first kappa shape index (κ1) is 22.1. The Morgan fingerprint density at radius 2 is 2.07 bits per heavy atom. The topological polar surface area (TPSA) is 79.6 Å². The van der Waals surface area contributed by atoms with Crippen LogP contribution in [-0.4, -0.2) is 64.5 Å². The number of likely N-dealkylation sites (tertiary alicyclic amines) is 1. The quantitative estimate of drug-likeness (QED) is 0.353. The highest BCUT2D eigenvalue weighted by Crippen LogP contribution is 2.15. The molecule has 1 fully saturated rings. The highest BCUT2D eigenvalue weighted by Gasteiger charge is 2.22. The summed E-state index contributed by atoms with van der Waals surface area (Å²) in [5, 5.41) is 15.3. The van der Waals surface area contributed by atoms with Crippen LogP contribution in [0.1, 0.15) is 37.8 Å². The molecule has 30 heavy (non-hydrogen) atoms. The molecule has 8 heteroatoms. The third kappa shape index (κ3) is 6.45. The second-order valence-electron chi connectivity index (χ2n) is 7.63. The summed E-state index contributed by atoms with van der Waals surface area (Å²) in [4.78, 5) is 7.28. The van der Waals surface area contributed by atoms with Crippen molar-refractivity contribution in [1.82, 2.24) is 30.3 Å². The Hall–Kier alpha value is -2.61. The Balaban J connectivity index is 1.50. The molecule has 0 amide bonds. The summed E-state index contributed by atoms with van der Waals surface area (Å²) in [5.41, 5.74) is 0. The number of nitrogens with one attached hydrogen (secondary N) is 2. The number of aliphatic imine (C=N–C) groups is 1. The van der Waals surface area contributed by atoms with Crippen LogP contribution in [0.15, 0.2) is 35.3 Å². The van der Waals surface area contributed by atoms with Gasteiger partial charge in [0.1, 0.15) is 18.1 Å². The molecule has 1 atom stereocenters. The molecule has 3 rings (SSSR count). The summed E-state index contributed by atoms with van der Waals surface area (Å²) in [6.07, 6.45) is 3.40. The van der Waals surface area contributed by atoms with Gasteiger partial charge >= 0.3 is 0 Å². The molecule has 0 radical (unpaired) electrons. The zero-order valence-electron chi connectivity index (χ0n) is 18.5. The van der Waals surface area contributed by atoms with Gasteiger partial charge in [-0.1, -0.05) is 25.1 Å². The van der Waals surface area contributed by atoms with E-state index in [1.807, 2.05) is 48.9 Å². The van der Waals surface area contributed by atoms with Crippen molar-refractivity contribution in [2.24, 2.45) is 12.0 Å². The SMILES string of the molecule is CCN1CCCC1CNC(=NCc1nnc(C)n1C)NCCCOc1ccccc1. The minimum atomic E-state index is 0.495. The van der Waals surface area contributed by atoms with Crippen LogP contribution in [-0.2, 0) is 13.6 Å². The van der Waals surface area contributed by atoms with E-state index in [4.69, 9.17) is 9.73 Å². The Morgan fingerprint density at radius 1 is 1.23 bits per heavy atom. The van der Waals surface area contributed by atoms with Crippen LogP contribution >= 0.6 is 0 Å². The molecular formula is C22H35N7O. The van der Waals surface area contributed by atoms with E-state index in [1.165, 1.54) is 19.4 Å². The third-order valence-corrected chi connectivity index (χ3v) is 5.60. The van der Waals surface area contributed by atoms with E-state index in [9.17, 15) is 0 Å². The number of aromatic nitrogens is 3. The number of guanidine groups is 1. The lowest BCUT2D eigenvalue weighted by molar-refractivity contribution is 0.267. The molecule has 1 aromatic heterocycles. The summed E-state index contributed by atoms with van der Waals surface area (Å²) >= 11 is 0. The molecule has 2 N–H and O–H groups in total. The van der Waals surface area contributed by atoms with Gasteiger partial charge in [0, 0.05) is 26.2 Å². The monoisotopic (exact) mass is 413 g/mol. The Labute approximate surface area is 179 Å². The highest BCUT2D eigenvalue weighted by molar-refractivity contribution is 5.79. The van der Waals surface area contributed by atoms with Crippen LogP contribution in [0.5, 0.6) is 5.75 Å². The third-order valence-electron chi connectivity index (χ3n) is 5.60. The number of hydrogen-bond acceptors (Lipinski definition) is 5. The van der Waals surface area contributed by atoms with Crippen molar-refractivity contribution >= 4 is 5.96 Å². The van der Waals surface area contributed by atoms with Crippen molar-refractivity contribution in [1.29, 1.82) is 0 Å². The lowest BCUT2D eigenvalue weighted by Crippen LogP contribution is -2.45. The van der Waals surface area contributed by atoms with Gasteiger partial charge in [0.15, 0.2) is 11.8 Å². The van der Waals surface area contributed by atoms with Crippen LogP contribution in [0.3, 0.4) is 0 Å². The average molecular weight is 414 g/mol. The predicted octanol–water partition coefficient (Wildman–Crippen LogP) is 2.11. The van der Waals surface area contributed by atoms with Crippen molar-refractivity contribution in [3.05, 3.63) is 42.0 Å². The highest BCUT2D eigenvalue weighted by atomic mass is 16.5. The smallest absolute Gasteiger partial charge is 0.191 e. The normalized spacial score (nSPS) is 17.3. The van der Waals surface area contributed by atoms with Gasteiger partial charge in [0.05, 0.1) is 6.61 Å². The Morgan fingerprint density at radius 3 is 2.80 bits per heavy atom. The Kier molecular flexibility index (Phi) is 8.50. The van der Waals surface area contributed by atoms with E-state index in [-0.39, 0.29) is 0 Å². The van der Waals surface area contributed by atoms with Gasteiger partial charge in [-0.25, -0.2) is 4.99 Å². The predicted molar refractivity (Wildman–Crippen MR) is 120 cm³/mol. The van der Waals surface area contributed by atoms with Gasteiger partial charge in [-0.3, -0.25) is 4.90 Å². The molecule has 1 saturated heterocycles. The molecule has 2 aromatic rings. The van der Waals surface area contributed by atoms with Crippen LogP contribution in [0.4, 0.5) is 0 Å². The van der Waals surface area contributed by atoms with Crippen LogP contribution < -0.4 is 15.4 Å². The summed E-state index contributed by atoms with van der Waals surface area (Å²) in [5.74, 6) is 3.48. The van der Waals surface area contributed by atoms with Gasteiger partial charge in [-0.15, -0.1) is 10.2 Å². The van der Waals surface area contributed by atoms with Crippen LogP contribution in [0, 0.1) is 6.92 Å². The number of hydrogen-bond donors (Lipinski definition) is 2. The first-order chi connectivity index (χ1) is 14.7. The molecule has 164 valence electrons. The standard InChI is InChI=1S/C22H35N7O/c1-4-29-14-8-10-19(29)16-24-22(25-17-21-27-26-18(2)28(21)3)23-13-9-15-30-20-11-6-5-7-12-20/h5-7,11-12,19H,4,8-10,13-17H2,1-3H3,(H2,23,24,25). The molecular weight excluding hydrogens is 378 g/mol. The maximum atomic E-state index is 5.78. The average Bonchev–Trinajstić information content (AvgIpc) is 3.36. The van der Waals surface area contributed by atoms with E-state index in [1.54, 1.807) is 0 Å². The van der Waals surface area contributed by atoms with Crippen LogP contribution in [0.25, 0.3) is 0 Å². The number of rotatable bonds is 10. The van der Waals surface area contributed by atoms with Crippen molar-refractivity contribution in [2.75, 3.05) is 32.8 Å². The largest absolute Gasteiger partial charge is 0.494 e. The van der Waals surface area contributed by atoms with Crippen molar-refractivity contribution in [2.45, 2.75) is 45.7 Å². The number of para-hydroxylation sites is 1. The minimum absolute atomic E-state index is 0.495. The molecule has 1 unspecified atom stereocenters. The zero-order chi connectivity index (χ0) is 21.2. The fourth-order valence-electron chi connectivity index (χ4n) is 3.66. The first-order valence-corrected chi connectivity index (χ1v) is 11.0. The van der Waals surface area contributed by atoms with Gasteiger partial charge < -0.3 is 19.9 Å². The molecule has 1 aliphatic heterocycles. The van der Waals surface area contributed by atoms with Gasteiger partial charge in [-0.2, -0.15) is 0 Å². The Bertz CT molecular complexity index is 790. The van der Waals surface area contributed by atoms with Crippen molar-refractivity contribution in [3.8, 4) is 5.75 Å². The van der Waals surface area contributed by atoms with Crippen LogP contribution in [0.2, 0.25) is 0 Å². The van der Waals surface area contributed by atoms with Gasteiger partial charge in [0.25, 0.3) is 0 Å². The fourth-order valence-corrected chi connectivity index (χ4v) is 3.66. The van der Waals surface area contributed by atoms with Crippen molar-refractivity contribution in [3.63, 3.8) is 0 Å². The van der Waals surface area contributed by atoms with E-state index >= 15 is 0 Å². The number of benzene rings is 1. The fraction of sp³-hybridized carbons (Fsp3) is 0.591. The van der Waals surface area contributed by atoms with E-state index in [0.29, 0.717) is 19.2 Å². The second-order valence-corrected chi connectivity index (χ2v) is 7.63. The molecule has 0 aliphatic carbocycles. The molecule has 0 saturated carbocycles. The van der Waals surface area contributed by atoms with Gasteiger partial charge in [0.2, 0.25) is 0 Å². The van der Waals surface area contributed by atoms with E-state index < -0.39 is 0 Å². The van der Waals surface area contributed by atoms with Crippen molar-refractivity contribution < 1.29 is 4.74 Å². The lowest BCUT2D eigenvalue weighted by Gasteiger charge is -2.24. The van der Waals surface area contributed by atoms with E-state index in [2.05, 4.69) is 32.7 Å². The molecule has 1 aliphatic rings. The maximum Gasteiger partial charge on any atom is 0.191 e. The molecule has 0 spiro atoms. The number of likely N-dealkylation sites (N-methyl/N-ethyl adjacent to an activating group) is 1. The van der Waals surface area contributed by atoms with E-state index in [0.717, 1.165) is 49.4 Å². The number of nitrogens with zero attached hydrogens (tertiary/aromatic N) is 5. The summed E-state index contributed by atoms with van der Waals surface area (Å²) in [6.45, 7) is 9.32. The summed E-state index contributed by atoms with van der Waals surface area (Å²) in [7, 11) is 1.97. The summed E-state index contributed by atoms with van der Waals surface area (Å²) < 4.78 is 7.75. The molecule has 0 bridgehead atoms. The molecule has 2 heterocycles. The maximum absolute atomic E-state index is 5.78. The number of ether oxygens (including phenoxy) is 1. The van der Waals surface area contributed by atoms with Gasteiger partial charge in [-0.05, 0) is 51.4 Å². The lowest BCUT2D eigenvalue weighted by atomic mass is 10.2. The minimum Gasteiger partial charge on any atom is -0.494 e.